The Labute approximate surface area is 153 Å². The summed E-state index contributed by atoms with van der Waals surface area (Å²) in [5.41, 5.74) is 1.06. The monoisotopic (exact) mass is 371 g/mol. The second kappa shape index (κ2) is 7.49. The fourth-order valence-corrected chi connectivity index (χ4v) is 3.44. The van der Waals surface area contributed by atoms with E-state index in [-0.39, 0.29) is 17.4 Å². The van der Waals surface area contributed by atoms with E-state index in [4.69, 9.17) is 0 Å². The summed E-state index contributed by atoms with van der Waals surface area (Å²) in [5, 5.41) is 11.4. The Hall–Kier alpha value is -3.00. The summed E-state index contributed by atoms with van der Waals surface area (Å²) in [4.78, 5) is 29.3. The standard InChI is InChI=1S/C18H14FN3O3S/c1-2-21-17(23)16(11-12-4-3-5-15(10-12)22(24)25)26-18(21)20-14-8-6-13(19)7-9-14/h3-11H,2H2,1H3/b16-11+,20-18?. The van der Waals surface area contributed by atoms with Gasteiger partial charge in [-0.3, -0.25) is 19.8 Å². The van der Waals surface area contributed by atoms with Crippen molar-refractivity contribution in [1.29, 1.82) is 0 Å². The van der Waals surface area contributed by atoms with Crippen LogP contribution in [-0.2, 0) is 4.79 Å². The molecule has 1 saturated heterocycles. The van der Waals surface area contributed by atoms with E-state index < -0.39 is 4.92 Å². The van der Waals surface area contributed by atoms with Crippen LogP contribution in [0.1, 0.15) is 12.5 Å². The van der Waals surface area contributed by atoms with Crippen LogP contribution in [0.5, 0.6) is 0 Å². The molecule has 1 heterocycles. The average Bonchev–Trinajstić information content (AvgIpc) is 2.91. The first kappa shape index (κ1) is 17.8. The third kappa shape index (κ3) is 3.80. The smallest absolute Gasteiger partial charge is 0.270 e. The maximum Gasteiger partial charge on any atom is 0.270 e. The summed E-state index contributed by atoms with van der Waals surface area (Å²) in [5.74, 6) is -0.576. The van der Waals surface area contributed by atoms with E-state index in [0.29, 0.717) is 27.9 Å². The molecule has 2 aromatic rings. The molecule has 1 amide bonds. The molecule has 0 unspecified atom stereocenters. The number of amidine groups is 1. The highest BCUT2D eigenvalue weighted by Gasteiger charge is 2.32. The number of hydrogen-bond acceptors (Lipinski definition) is 5. The Morgan fingerprint density at radius 2 is 2.00 bits per heavy atom. The number of nitrogens with zero attached hydrogens (tertiary/aromatic N) is 3. The lowest BCUT2D eigenvalue weighted by Crippen LogP contribution is -2.28. The van der Waals surface area contributed by atoms with Crippen molar-refractivity contribution < 1.29 is 14.1 Å². The molecule has 2 aromatic carbocycles. The number of nitro groups is 1. The number of amides is 1. The van der Waals surface area contributed by atoms with Gasteiger partial charge in [-0.2, -0.15) is 0 Å². The Morgan fingerprint density at radius 3 is 2.65 bits per heavy atom. The number of non-ortho nitro benzene ring substituents is 1. The van der Waals surface area contributed by atoms with Crippen LogP contribution in [0.4, 0.5) is 15.8 Å². The number of carbonyl (C=O) groups is 1. The number of likely N-dealkylation sites (N-methyl/N-ethyl adjacent to an activating group) is 1. The number of hydrogen-bond donors (Lipinski definition) is 0. The highest BCUT2D eigenvalue weighted by molar-refractivity contribution is 8.18. The van der Waals surface area contributed by atoms with Gasteiger partial charge in [0.2, 0.25) is 0 Å². The van der Waals surface area contributed by atoms with Crippen LogP contribution in [0.15, 0.2) is 58.4 Å². The van der Waals surface area contributed by atoms with Gasteiger partial charge in [-0.25, -0.2) is 9.38 Å². The van der Waals surface area contributed by atoms with Crippen molar-refractivity contribution in [2.24, 2.45) is 4.99 Å². The largest absolute Gasteiger partial charge is 0.287 e. The lowest BCUT2D eigenvalue weighted by molar-refractivity contribution is -0.384. The molecule has 132 valence electrons. The van der Waals surface area contributed by atoms with Crippen LogP contribution >= 0.6 is 11.8 Å². The van der Waals surface area contributed by atoms with Crippen molar-refractivity contribution in [2.75, 3.05) is 6.54 Å². The topological polar surface area (TPSA) is 75.8 Å². The van der Waals surface area contributed by atoms with E-state index in [1.54, 1.807) is 18.2 Å². The van der Waals surface area contributed by atoms with Crippen LogP contribution in [0.25, 0.3) is 6.08 Å². The van der Waals surface area contributed by atoms with Crippen molar-refractivity contribution in [3.05, 3.63) is 74.9 Å². The number of aliphatic imine (C=N–C) groups is 1. The number of thioether (sulfide) groups is 1. The zero-order valence-corrected chi connectivity index (χ0v) is 14.6. The van der Waals surface area contributed by atoms with Crippen molar-refractivity contribution in [2.45, 2.75) is 6.92 Å². The second-order valence-electron chi connectivity index (χ2n) is 5.38. The molecule has 0 aromatic heterocycles. The predicted octanol–water partition coefficient (Wildman–Crippen LogP) is 4.36. The van der Waals surface area contributed by atoms with Crippen LogP contribution in [0.2, 0.25) is 0 Å². The molecule has 26 heavy (non-hydrogen) atoms. The average molecular weight is 371 g/mol. The minimum Gasteiger partial charge on any atom is -0.287 e. The maximum absolute atomic E-state index is 13.0. The lowest BCUT2D eigenvalue weighted by atomic mass is 10.2. The number of benzene rings is 2. The number of nitro benzene ring substituents is 1. The van der Waals surface area contributed by atoms with Crippen molar-refractivity contribution >= 4 is 40.3 Å². The van der Waals surface area contributed by atoms with Gasteiger partial charge in [0.05, 0.1) is 15.5 Å². The van der Waals surface area contributed by atoms with E-state index in [0.717, 1.165) is 0 Å². The molecule has 1 aliphatic rings. The van der Waals surface area contributed by atoms with Gasteiger partial charge >= 0.3 is 0 Å². The summed E-state index contributed by atoms with van der Waals surface area (Å²) in [6.07, 6.45) is 1.61. The highest BCUT2D eigenvalue weighted by atomic mass is 32.2. The lowest BCUT2D eigenvalue weighted by Gasteiger charge is -2.11. The van der Waals surface area contributed by atoms with E-state index in [1.807, 2.05) is 6.92 Å². The zero-order chi connectivity index (χ0) is 18.7. The SMILES string of the molecule is CCN1C(=O)/C(=C\c2cccc([N+](=O)[O-])c2)SC1=Nc1ccc(F)cc1. The summed E-state index contributed by atoms with van der Waals surface area (Å²) >= 11 is 1.18. The Balaban J connectivity index is 1.92. The fourth-order valence-electron chi connectivity index (χ4n) is 2.38. The van der Waals surface area contributed by atoms with E-state index in [9.17, 15) is 19.3 Å². The van der Waals surface area contributed by atoms with Gasteiger partial charge in [0.15, 0.2) is 5.17 Å². The molecule has 8 heteroatoms. The van der Waals surface area contributed by atoms with E-state index >= 15 is 0 Å². The molecule has 0 bridgehead atoms. The molecule has 0 aliphatic carbocycles. The van der Waals surface area contributed by atoms with Gasteiger partial charge in [0.1, 0.15) is 5.82 Å². The van der Waals surface area contributed by atoms with Gasteiger partial charge in [0, 0.05) is 18.7 Å². The van der Waals surface area contributed by atoms with Gasteiger partial charge in [0.25, 0.3) is 11.6 Å². The molecular formula is C18H14FN3O3S. The molecule has 0 N–H and O–H groups in total. The van der Waals surface area contributed by atoms with E-state index in [1.165, 1.54) is 53.1 Å². The molecule has 0 saturated carbocycles. The number of rotatable bonds is 4. The summed E-state index contributed by atoms with van der Waals surface area (Å²) in [6, 6.07) is 11.7. The first-order chi connectivity index (χ1) is 12.5. The van der Waals surface area contributed by atoms with Crippen LogP contribution in [-0.4, -0.2) is 27.4 Å². The summed E-state index contributed by atoms with van der Waals surface area (Å²) in [6.45, 7) is 2.26. The minimum absolute atomic E-state index is 0.0395. The van der Waals surface area contributed by atoms with Gasteiger partial charge in [-0.05, 0) is 54.6 Å². The van der Waals surface area contributed by atoms with Gasteiger partial charge in [-0.1, -0.05) is 12.1 Å². The third-order valence-corrected chi connectivity index (χ3v) is 4.64. The summed E-state index contributed by atoms with van der Waals surface area (Å²) in [7, 11) is 0. The first-order valence-corrected chi connectivity index (χ1v) is 8.59. The Kier molecular flexibility index (Phi) is 5.13. The zero-order valence-electron chi connectivity index (χ0n) is 13.8. The molecule has 0 radical (unpaired) electrons. The maximum atomic E-state index is 13.0. The molecular weight excluding hydrogens is 357 g/mol. The Morgan fingerprint density at radius 1 is 1.27 bits per heavy atom. The first-order valence-electron chi connectivity index (χ1n) is 7.78. The molecule has 0 spiro atoms. The normalized spacial score (nSPS) is 17.3. The second-order valence-corrected chi connectivity index (χ2v) is 6.39. The predicted molar refractivity (Wildman–Crippen MR) is 99.5 cm³/mol. The fraction of sp³-hybridized carbons (Fsp3) is 0.111. The molecule has 1 aliphatic heterocycles. The molecule has 3 rings (SSSR count). The highest BCUT2D eigenvalue weighted by Crippen LogP contribution is 2.34. The van der Waals surface area contributed by atoms with E-state index in [2.05, 4.69) is 4.99 Å². The van der Waals surface area contributed by atoms with Crippen LogP contribution < -0.4 is 0 Å². The van der Waals surface area contributed by atoms with Crippen LogP contribution in [0, 0.1) is 15.9 Å². The molecule has 6 nitrogen and oxygen atoms in total. The van der Waals surface area contributed by atoms with Crippen molar-refractivity contribution in [3.8, 4) is 0 Å². The minimum atomic E-state index is -0.481. The van der Waals surface area contributed by atoms with Crippen LogP contribution in [0.3, 0.4) is 0 Å². The van der Waals surface area contributed by atoms with Crippen molar-refractivity contribution in [3.63, 3.8) is 0 Å². The number of carbonyl (C=O) groups excluding carboxylic acids is 1. The quantitative estimate of drug-likeness (QED) is 0.455. The van der Waals surface area contributed by atoms with Gasteiger partial charge in [-0.15, -0.1) is 0 Å². The summed E-state index contributed by atoms with van der Waals surface area (Å²) < 4.78 is 13.0. The van der Waals surface area contributed by atoms with Crippen molar-refractivity contribution in [1.82, 2.24) is 4.90 Å². The van der Waals surface area contributed by atoms with Gasteiger partial charge < -0.3 is 0 Å². The molecule has 1 fully saturated rings. The molecule has 0 atom stereocenters. The number of halogens is 1. The Bertz CT molecular complexity index is 926. The third-order valence-electron chi connectivity index (χ3n) is 3.63.